The number of carbonyl (C=O) groups excluding carboxylic acids is 1. The Morgan fingerprint density at radius 2 is 2.17 bits per heavy atom. The minimum Gasteiger partial charge on any atom is -0.469 e. The number of anilines is 1. The van der Waals surface area contributed by atoms with Crippen LogP contribution < -0.4 is 10.5 Å². The molecule has 0 aliphatic heterocycles. The van der Waals surface area contributed by atoms with E-state index in [0.29, 0.717) is 10.2 Å². The smallest absolute Gasteiger partial charge is 0.306 e. The van der Waals surface area contributed by atoms with Gasteiger partial charge in [-0.15, -0.1) is 0 Å². The number of carbonyl (C=O) groups is 1. The van der Waals surface area contributed by atoms with Gasteiger partial charge >= 0.3 is 5.97 Å². The van der Waals surface area contributed by atoms with E-state index in [0.717, 1.165) is 0 Å². The summed E-state index contributed by atoms with van der Waals surface area (Å²) in [4.78, 5) is 10.9. The van der Waals surface area contributed by atoms with Gasteiger partial charge in [-0.1, -0.05) is 0 Å². The van der Waals surface area contributed by atoms with E-state index < -0.39 is 16.0 Å². The van der Waals surface area contributed by atoms with Gasteiger partial charge < -0.3 is 10.5 Å². The van der Waals surface area contributed by atoms with Crippen molar-refractivity contribution < 1.29 is 17.9 Å². The SMILES string of the molecule is COC(=O)CCNS(=O)(=O)c1ccc(N)c(Br)c1. The van der Waals surface area contributed by atoms with Crippen molar-refractivity contribution in [3.05, 3.63) is 22.7 Å². The summed E-state index contributed by atoms with van der Waals surface area (Å²) in [7, 11) is -2.40. The molecule has 1 aromatic rings. The van der Waals surface area contributed by atoms with Crippen molar-refractivity contribution in [2.45, 2.75) is 11.3 Å². The van der Waals surface area contributed by atoms with E-state index >= 15 is 0 Å². The molecule has 6 nitrogen and oxygen atoms in total. The van der Waals surface area contributed by atoms with Crippen LogP contribution in [0, 0.1) is 0 Å². The molecular formula is C10H13BrN2O4S. The van der Waals surface area contributed by atoms with Crippen LogP contribution in [0.2, 0.25) is 0 Å². The monoisotopic (exact) mass is 336 g/mol. The highest BCUT2D eigenvalue weighted by atomic mass is 79.9. The number of methoxy groups -OCH3 is 1. The lowest BCUT2D eigenvalue weighted by Gasteiger charge is -2.07. The lowest BCUT2D eigenvalue weighted by atomic mass is 10.3. The van der Waals surface area contributed by atoms with Gasteiger partial charge in [0, 0.05) is 16.7 Å². The normalized spacial score (nSPS) is 11.2. The van der Waals surface area contributed by atoms with Gasteiger partial charge in [-0.3, -0.25) is 4.79 Å². The van der Waals surface area contributed by atoms with Crippen LogP contribution in [0.4, 0.5) is 5.69 Å². The van der Waals surface area contributed by atoms with E-state index in [2.05, 4.69) is 25.4 Å². The number of nitrogens with two attached hydrogens (primary N) is 1. The van der Waals surface area contributed by atoms with Gasteiger partial charge in [0.25, 0.3) is 0 Å². The number of sulfonamides is 1. The number of hydrogen-bond donors (Lipinski definition) is 2. The standard InChI is InChI=1S/C10H13BrN2O4S/c1-17-10(14)4-5-13-18(15,16)7-2-3-9(12)8(11)6-7/h2-3,6,13H,4-5,12H2,1H3. The maximum Gasteiger partial charge on any atom is 0.306 e. The van der Waals surface area contributed by atoms with Crippen molar-refractivity contribution in [3.8, 4) is 0 Å². The lowest BCUT2D eigenvalue weighted by molar-refractivity contribution is -0.140. The van der Waals surface area contributed by atoms with E-state index in [-0.39, 0.29) is 17.9 Å². The van der Waals surface area contributed by atoms with E-state index in [1.807, 2.05) is 0 Å². The van der Waals surface area contributed by atoms with Crippen molar-refractivity contribution in [1.29, 1.82) is 0 Å². The topological polar surface area (TPSA) is 98.5 Å². The Labute approximate surface area is 114 Å². The number of nitrogen functional groups attached to an aromatic ring is 1. The second-order valence-corrected chi connectivity index (χ2v) is 6.03. The molecule has 1 aromatic carbocycles. The number of hydrogen-bond acceptors (Lipinski definition) is 5. The fraction of sp³-hybridized carbons (Fsp3) is 0.300. The molecule has 0 amide bonds. The third kappa shape index (κ3) is 3.97. The van der Waals surface area contributed by atoms with Crippen LogP contribution in [0.5, 0.6) is 0 Å². The largest absolute Gasteiger partial charge is 0.469 e. The Morgan fingerprint density at radius 3 is 2.72 bits per heavy atom. The van der Waals surface area contributed by atoms with Crippen LogP contribution in [0.3, 0.4) is 0 Å². The molecule has 0 bridgehead atoms. The average molecular weight is 337 g/mol. The highest BCUT2D eigenvalue weighted by Crippen LogP contribution is 2.22. The van der Waals surface area contributed by atoms with E-state index in [1.54, 1.807) is 0 Å². The van der Waals surface area contributed by atoms with Crippen molar-refractivity contribution in [2.24, 2.45) is 0 Å². The zero-order chi connectivity index (χ0) is 13.8. The highest BCUT2D eigenvalue weighted by Gasteiger charge is 2.15. The molecule has 8 heteroatoms. The Kier molecular flexibility index (Phi) is 5.12. The summed E-state index contributed by atoms with van der Waals surface area (Å²) >= 11 is 3.15. The molecule has 0 unspecified atom stereocenters. The Bertz CT molecular complexity index is 545. The number of benzene rings is 1. The van der Waals surface area contributed by atoms with Crippen LogP contribution in [0.1, 0.15) is 6.42 Å². The Hall–Kier alpha value is -1.12. The highest BCUT2D eigenvalue weighted by molar-refractivity contribution is 9.10. The quantitative estimate of drug-likeness (QED) is 0.614. The molecule has 0 spiro atoms. The molecule has 0 aromatic heterocycles. The molecule has 0 saturated carbocycles. The first-order valence-electron chi connectivity index (χ1n) is 4.98. The van der Waals surface area contributed by atoms with Gasteiger partial charge in [-0.25, -0.2) is 13.1 Å². The molecule has 0 aliphatic rings. The summed E-state index contributed by atoms with van der Waals surface area (Å²) in [6.07, 6.45) is -0.0220. The number of halogens is 1. The van der Waals surface area contributed by atoms with Gasteiger partial charge in [-0.05, 0) is 34.1 Å². The summed E-state index contributed by atoms with van der Waals surface area (Å²) in [6, 6.07) is 4.27. The first-order valence-corrected chi connectivity index (χ1v) is 7.26. The van der Waals surface area contributed by atoms with E-state index in [9.17, 15) is 13.2 Å². The van der Waals surface area contributed by atoms with Crippen LogP contribution in [0.25, 0.3) is 0 Å². The zero-order valence-corrected chi connectivity index (χ0v) is 12.0. The minimum atomic E-state index is -3.65. The maximum atomic E-state index is 11.8. The maximum absolute atomic E-state index is 11.8. The summed E-state index contributed by atoms with van der Waals surface area (Å²) < 4.78 is 30.9. The first kappa shape index (κ1) is 14.9. The second-order valence-electron chi connectivity index (χ2n) is 3.41. The summed E-state index contributed by atoms with van der Waals surface area (Å²) in [5.41, 5.74) is 6.01. The zero-order valence-electron chi connectivity index (χ0n) is 9.64. The number of ether oxygens (including phenoxy) is 1. The Balaban J connectivity index is 2.74. The second kappa shape index (κ2) is 6.17. The van der Waals surface area contributed by atoms with Crippen LogP contribution in [-0.4, -0.2) is 28.0 Å². The Morgan fingerprint density at radius 1 is 1.50 bits per heavy atom. The lowest BCUT2D eigenvalue weighted by Crippen LogP contribution is -2.26. The third-order valence-corrected chi connectivity index (χ3v) is 4.28. The molecule has 0 saturated heterocycles. The van der Waals surface area contributed by atoms with Crippen molar-refractivity contribution in [2.75, 3.05) is 19.4 Å². The molecule has 18 heavy (non-hydrogen) atoms. The average Bonchev–Trinajstić information content (AvgIpc) is 2.32. The van der Waals surface area contributed by atoms with Gasteiger partial charge in [0.05, 0.1) is 18.4 Å². The summed E-state index contributed by atoms with van der Waals surface area (Å²) in [6.45, 7) is -0.0169. The predicted molar refractivity (Wildman–Crippen MR) is 70.4 cm³/mol. The molecule has 0 aliphatic carbocycles. The van der Waals surface area contributed by atoms with Gasteiger partial charge in [0.1, 0.15) is 0 Å². The van der Waals surface area contributed by atoms with E-state index in [1.165, 1.54) is 25.3 Å². The molecule has 100 valence electrons. The van der Waals surface area contributed by atoms with Crippen LogP contribution in [-0.2, 0) is 19.6 Å². The van der Waals surface area contributed by atoms with Gasteiger partial charge in [0.2, 0.25) is 10.0 Å². The van der Waals surface area contributed by atoms with Crippen molar-refractivity contribution >= 4 is 37.6 Å². The van der Waals surface area contributed by atoms with Crippen LogP contribution in [0.15, 0.2) is 27.6 Å². The fourth-order valence-corrected chi connectivity index (χ4v) is 2.74. The van der Waals surface area contributed by atoms with Crippen LogP contribution >= 0.6 is 15.9 Å². The molecule has 1 rings (SSSR count). The third-order valence-electron chi connectivity index (χ3n) is 2.13. The first-order chi connectivity index (χ1) is 8.36. The molecule has 0 radical (unpaired) electrons. The summed E-state index contributed by atoms with van der Waals surface area (Å²) in [5, 5.41) is 0. The fourth-order valence-electron chi connectivity index (χ4n) is 1.15. The molecule has 0 fully saturated rings. The molecular weight excluding hydrogens is 324 g/mol. The van der Waals surface area contributed by atoms with Crippen molar-refractivity contribution in [1.82, 2.24) is 4.72 Å². The predicted octanol–water partition coefficient (Wildman–Crippen LogP) is 0.873. The number of rotatable bonds is 5. The molecule has 0 atom stereocenters. The molecule has 0 heterocycles. The minimum absolute atomic E-state index is 0.0169. The van der Waals surface area contributed by atoms with Crippen molar-refractivity contribution in [3.63, 3.8) is 0 Å². The summed E-state index contributed by atoms with van der Waals surface area (Å²) in [5.74, 6) is -0.476. The number of esters is 1. The van der Waals surface area contributed by atoms with Gasteiger partial charge in [-0.2, -0.15) is 0 Å². The molecule has 3 N–H and O–H groups in total. The van der Waals surface area contributed by atoms with Gasteiger partial charge in [0.15, 0.2) is 0 Å². The number of nitrogens with one attached hydrogen (secondary N) is 1. The van der Waals surface area contributed by atoms with E-state index in [4.69, 9.17) is 5.73 Å².